The van der Waals surface area contributed by atoms with Crippen LogP contribution in [0.3, 0.4) is 0 Å². The highest BCUT2D eigenvalue weighted by atomic mass is 19.1. The fourth-order valence-corrected chi connectivity index (χ4v) is 1.98. The molecule has 4 heteroatoms. The van der Waals surface area contributed by atoms with Crippen molar-refractivity contribution in [1.82, 2.24) is 0 Å². The van der Waals surface area contributed by atoms with Crippen LogP contribution in [0.4, 0.5) is 15.8 Å². The van der Waals surface area contributed by atoms with Crippen molar-refractivity contribution in [2.75, 3.05) is 11.9 Å². The lowest BCUT2D eigenvalue weighted by Gasteiger charge is -2.21. The molecule has 0 bridgehead atoms. The van der Waals surface area contributed by atoms with Crippen LogP contribution in [0.2, 0.25) is 0 Å². The van der Waals surface area contributed by atoms with Gasteiger partial charge < -0.3 is 10.0 Å². The van der Waals surface area contributed by atoms with Crippen molar-refractivity contribution in [3.63, 3.8) is 0 Å². The summed E-state index contributed by atoms with van der Waals surface area (Å²) < 4.78 is 14.1. The van der Waals surface area contributed by atoms with Gasteiger partial charge in [0.25, 0.3) is 0 Å². The maximum Gasteiger partial charge on any atom is 0.147 e. The summed E-state index contributed by atoms with van der Waals surface area (Å²) in [4.78, 5) is 1.67. The number of nitriles is 1. The molecule has 1 N–H and O–H groups in total. The molecule has 0 aliphatic carbocycles. The molecule has 2 aromatic rings. The number of benzene rings is 2. The summed E-state index contributed by atoms with van der Waals surface area (Å²) in [6.45, 7) is 1.59. The second kappa shape index (κ2) is 5.72. The lowest BCUT2D eigenvalue weighted by molar-refractivity contribution is 0.199. The third-order valence-corrected chi connectivity index (χ3v) is 3.18. The lowest BCUT2D eigenvalue weighted by atomic mass is 10.1. The van der Waals surface area contributed by atoms with E-state index in [4.69, 9.17) is 5.26 Å². The minimum absolute atomic E-state index is 0.393. The highest BCUT2D eigenvalue weighted by molar-refractivity contribution is 5.64. The van der Waals surface area contributed by atoms with Crippen LogP contribution in [0, 0.1) is 17.1 Å². The first-order chi connectivity index (χ1) is 9.52. The van der Waals surface area contributed by atoms with Crippen LogP contribution in [-0.2, 0) is 0 Å². The summed E-state index contributed by atoms with van der Waals surface area (Å²) in [6.07, 6.45) is -0.703. The Labute approximate surface area is 117 Å². The molecule has 0 aliphatic rings. The predicted octanol–water partition coefficient (Wildman–Crippen LogP) is 3.52. The van der Waals surface area contributed by atoms with Crippen LogP contribution in [0.5, 0.6) is 0 Å². The fourth-order valence-electron chi connectivity index (χ4n) is 1.98. The van der Waals surface area contributed by atoms with Gasteiger partial charge in [-0.2, -0.15) is 5.26 Å². The number of aliphatic hydroxyl groups excluding tert-OH is 1. The monoisotopic (exact) mass is 270 g/mol. The first-order valence-electron chi connectivity index (χ1n) is 6.24. The van der Waals surface area contributed by atoms with Gasteiger partial charge in [-0.25, -0.2) is 4.39 Å². The highest BCUT2D eigenvalue weighted by Gasteiger charge is 2.12. The van der Waals surface area contributed by atoms with Crippen molar-refractivity contribution in [1.29, 1.82) is 5.26 Å². The number of halogens is 1. The topological polar surface area (TPSA) is 47.3 Å². The Morgan fingerprint density at radius 3 is 2.60 bits per heavy atom. The maximum absolute atomic E-state index is 14.1. The Morgan fingerprint density at radius 1 is 1.25 bits per heavy atom. The van der Waals surface area contributed by atoms with Crippen molar-refractivity contribution in [2.24, 2.45) is 0 Å². The summed E-state index contributed by atoms with van der Waals surface area (Å²) in [5, 5.41) is 18.3. The number of anilines is 2. The van der Waals surface area contributed by atoms with Gasteiger partial charge in [0.1, 0.15) is 5.82 Å². The van der Waals surface area contributed by atoms with Crippen molar-refractivity contribution in [3.8, 4) is 6.07 Å². The highest BCUT2D eigenvalue weighted by Crippen LogP contribution is 2.28. The molecule has 20 heavy (non-hydrogen) atoms. The molecule has 0 saturated heterocycles. The molecule has 0 saturated carbocycles. The Morgan fingerprint density at radius 2 is 2.00 bits per heavy atom. The zero-order valence-corrected chi connectivity index (χ0v) is 11.3. The summed E-state index contributed by atoms with van der Waals surface area (Å²) in [5.41, 5.74) is 2.18. The van der Waals surface area contributed by atoms with Gasteiger partial charge >= 0.3 is 0 Å². The molecule has 0 amide bonds. The number of hydrogen-bond acceptors (Lipinski definition) is 3. The van der Waals surface area contributed by atoms with Gasteiger partial charge in [0, 0.05) is 12.7 Å². The number of rotatable bonds is 3. The molecule has 2 aromatic carbocycles. The van der Waals surface area contributed by atoms with Crippen LogP contribution >= 0.6 is 0 Å². The van der Waals surface area contributed by atoms with Crippen LogP contribution in [0.25, 0.3) is 0 Å². The fraction of sp³-hybridized carbons (Fsp3) is 0.188. The first-order valence-corrected chi connectivity index (χ1v) is 6.24. The molecule has 3 nitrogen and oxygen atoms in total. The molecular formula is C16H15FN2O. The van der Waals surface area contributed by atoms with E-state index in [0.717, 1.165) is 5.69 Å². The van der Waals surface area contributed by atoms with Gasteiger partial charge in [0.05, 0.1) is 23.4 Å². The average Bonchev–Trinajstić information content (AvgIpc) is 2.46. The molecule has 0 aliphatic heterocycles. The number of nitrogens with zero attached hydrogens (tertiary/aromatic N) is 2. The quantitative estimate of drug-likeness (QED) is 0.928. The van der Waals surface area contributed by atoms with Crippen molar-refractivity contribution < 1.29 is 9.50 Å². The van der Waals surface area contributed by atoms with Gasteiger partial charge in [0.2, 0.25) is 0 Å². The second-order valence-electron chi connectivity index (χ2n) is 4.61. The van der Waals surface area contributed by atoms with E-state index in [9.17, 15) is 9.50 Å². The lowest BCUT2D eigenvalue weighted by Crippen LogP contribution is -2.11. The normalized spacial score (nSPS) is 11.8. The molecule has 0 fully saturated rings. The molecule has 0 radical (unpaired) electrons. The predicted molar refractivity (Wildman–Crippen MR) is 76.3 cm³/mol. The van der Waals surface area contributed by atoms with E-state index in [1.165, 1.54) is 6.07 Å². The largest absolute Gasteiger partial charge is 0.389 e. The van der Waals surface area contributed by atoms with Crippen LogP contribution in [0.1, 0.15) is 24.2 Å². The third kappa shape index (κ3) is 2.79. The van der Waals surface area contributed by atoms with E-state index in [2.05, 4.69) is 6.07 Å². The van der Waals surface area contributed by atoms with Crippen LogP contribution < -0.4 is 4.90 Å². The molecule has 0 aromatic heterocycles. The van der Waals surface area contributed by atoms with Crippen molar-refractivity contribution >= 4 is 11.4 Å². The molecule has 1 atom stereocenters. The summed E-state index contributed by atoms with van der Waals surface area (Å²) >= 11 is 0. The van der Waals surface area contributed by atoms with Crippen molar-refractivity contribution in [3.05, 3.63) is 59.4 Å². The Balaban J connectivity index is 2.38. The second-order valence-corrected chi connectivity index (χ2v) is 4.61. The zero-order valence-electron chi connectivity index (χ0n) is 11.3. The minimum Gasteiger partial charge on any atom is -0.389 e. The van der Waals surface area contributed by atoms with E-state index >= 15 is 0 Å². The Hall–Kier alpha value is -2.38. The number of hydrogen-bond donors (Lipinski definition) is 1. The van der Waals surface area contributed by atoms with Gasteiger partial charge in [0.15, 0.2) is 0 Å². The summed E-state index contributed by atoms with van der Waals surface area (Å²) in [5.74, 6) is -0.409. The van der Waals surface area contributed by atoms with E-state index < -0.39 is 11.9 Å². The summed E-state index contributed by atoms with van der Waals surface area (Å²) in [6, 6.07) is 13.7. The van der Waals surface area contributed by atoms with Gasteiger partial charge in [-0.05, 0) is 42.8 Å². The van der Waals surface area contributed by atoms with E-state index in [1.807, 2.05) is 6.07 Å². The third-order valence-electron chi connectivity index (χ3n) is 3.18. The molecule has 102 valence electrons. The zero-order chi connectivity index (χ0) is 14.7. The maximum atomic E-state index is 14.1. The van der Waals surface area contributed by atoms with E-state index in [1.54, 1.807) is 49.2 Å². The van der Waals surface area contributed by atoms with E-state index in [-0.39, 0.29) is 0 Å². The minimum atomic E-state index is -0.703. The van der Waals surface area contributed by atoms with E-state index in [0.29, 0.717) is 16.8 Å². The van der Waals surface area contributed by atoms with Crippen LogP contribution in [-0.4, -0.2) is 12.2 Å². The molecule has 0 heterocycles. The standard InChI is InChI=1S/C16H15FN2O/c1-11(20)13-6-7-16(15(17)9-13)19(2)14-5-3-4-12(8-14)10-18/h3-9,11,20H,1-2H3/t11-/m0/s1. The Kier molecular flexibility index (Phi) is 4.02. The molecule has 2 rings (SSSR count). The van der Waals surface area contributed by atoms with Crippen LogP contribution in [0.15, 0.2) is 42.5 Å². The number of aliphatic hydroxyl groups is 1. The molecular weight excluding hydrogens is 255 g/mol. The van der Waals surface area contributed by atoms with Crippen molar-refractivity contribution in [2.45, 2.75) is 13.0 Å². The average molecular weight is 270 g/mol. The van der Waals surface area contributed by atoms with Gasteiger partial charge in [-0.3, -0.25) is 0 Å². The molecule has 0 unspecified atom stereocenters. The first kappa shape index (κ1) is 14.0. The SMILES string of the molecule is C[C@H](O)c1ccc(N(C)c2cccc(C#N)c2)c(F)c1. The van der Waals surface area contributed by atoms with Gasteiger partial charge in [-0.1, -0.05) is 12.1 Å². The summed E-state index contributed by atoms with van der Waals surface area (Å²) in [7, 11) is 1.73. The van der Waals surface area contributed by atoms with Gasteiger partial charge in [-0.15, -0.1) is 0 Å². The smallest absolute Gasteiger partial charge is 0.147 e. The molecule has 0 spiro atoms. The Bertz CT molecular complexity index is 662.